The third kappa shape index (κ3) is 4.00. The van der Waals surface area contributed by atoms with Gasteiger partial charge in [-0.1, -0.05) is 0 Å². The molecular weight excluding hydrogens is 446 g/mol. The maximum atomic E-state index is 6.51. The Morgan fingerprint density at radius 1 is 1.03 bits per heavy atom. The molecule has 0 unspecified atom stereocenters. The minimum absolute atomic E-state index is 0.700. The molecule has 9 heteroatoms. The highest BCUT2D eigenvalue weighted by molar-refractivity contribution is 7.16. The van der Waals surface area contributed by atoms with E-state index in [1.54, 1.807) is 22.3 Å². The largest absolute Gasteiger partial charge is 0.460 e. The number of aromatic nitrogens is 5. The van der Waals surface area contributed by atoms with Crippen LogP contribution in [0.4, 0.5) is 11.5 Å². The second-order valence-corrected chi connectivity index (χ2v) is 9.34. The van der Waals surface area contributed by atoms with Crippen molar-refractivity contribution < 1.29 is 4.74 Å². The van der Waals surface area contributed by atoms with Crippen molar-refractivity contribution in [1.82, 2.24) is 29.6 Å². The molecule has 1 N–H and O–H groups in total. The van der Waals surface area contributed by atoms with Crippen LogP contribution in [0.1, 0.15) is 6.42 Å². The number of rotatable bonds is 5. The highest BCUT2D eigenvalue weighted by atomic mass is 32.1. The normalized spacial score (nSPS) is 14.5. The van der Waals surface area contributed by atoms with Crippen LogP contribution in [0.25, 0.3) is 32.2 Å². The number of ether oxygens (including phenoxy) is 1. The van der Waals surface area contributed by atoms with Crippen LogP contribution in [0.3, 0.4) is 0 Å². The first-order valence-electron chi connectivity index (χ1n) is 11.1. The van der Waals surface area contributed by atoms with E-state index in [4.69, 9.17) is 4.74 Å². The first-order valence-corrected chi connectivity index (χ1v) is 11.9. The van der Waals surface area contributed by atoms with E-state index in [1.165, 1.54) is 0 Å². The van der Waals surface area contributed by atoms with Crippen LogP contribution >= 0.6 is 11.3 Å². The summed E-state index contributed by atoms with van der Waals surface area (Å²) in [6.45, 7) is 1.79. The van der Waals surface area contributed by atoms with Crippen molar-refractivity contribution in [2.24, 2.45) is 7.05 Å². The average Bonchev–Trinajstić information content (AvgIpc) is 3.47. The molecule has 1 aliphatic rings. The van der Waals surface area contributed by atoms with Crippen LogP contribution in [0.2, 0.25) is 0 Å². The van der Waals surface area contributed by atoms with E-state index in [2.05, 4.69) is 61.6 Å². The van der Waals surface area contributed by atoms with Crippen LogP contribution in [0, 0.1) is 0 Å². The Morgan fingerprint density at radius 3 is 2.82 bits per heavy atom. The van der Waals surface area contributed by atoms with E-state index >= 15 is 0 Å². The summed E-state index contributed by atoms with van der Waals surface area (Å²) >= 11 is 1.62. The third-order valence-electron chi connectivity index (χ3n) is 5.88. The first kappa shape index (κ1) is 20.8. The molecule has 0 saturated carbocycles. The Kier molecular flexibility index (Phi) is 5.20. The Hall–Kier alpha value is -3.82. The number of nitrogens with one attached hydrogen (secondary N) is 1. The van der Waals surface area contributed by atoms with Gasteiger partial charge in [-0.3, -0.25) is 9.58 Å². The number of hydrogen-bond donors (Lipinski definition) is 1. The molecule has 34 heavy (non-hydrogen) atoms. The van der Waals surface area contributed by atoms with Gasteiger partial charge in [-0.15, -0.1) is 11.3 Å². The molecule has 4 heterocycles. The summed E-state index contributed by atoms with van der Waals surface area (Å²) in [5.41, 5.74) is 6.59. The zero-order valence-electron chi connectivity index (χ0n) is 18.9. The maximum absolute atomic E-state index is 6.51. The molecule has 0 radical (unpaired) electrons. The monoisotopic (exact) mass is 469 g/mol. The predicted octanol–water partition coefficient (Wildman–Crippen LogP) is 4.98. The van der Waals surface area contributed by atoms with Gasteiger partial charge in [0.1, 0.15) is 23.7 Å². The molecule has 1 aliphatic heterocycles. The van der Waals surface area contributed by atoms with Gasteiger partial charge in [-0.2, -0.15) is 5.10 Å². The molecule has 6 rings (SSSR count). The Balaban J connectivity index is 1.47. The highest BCUT2D eigenvalue weighted by Crippen LogP contribution is 2.37. The molecular formula is C25H23N7OS. The number of fused-ring (bicyclic) bond motifs is 2. The smallest absolute Gasteiger partial charge is 0.145 e. The van der Waals surface area contributed by atoms with Crippen molar-refractivity contribution in [2.75, 3.05) is 25.5 Å². The third-order valence-corrected chi connectivity index (χ3v) is 6.68. The van der Waals surface area contributed by atoms with Gasteiger partial charge in [-0.25, -0.2) is 15.0 Å². The van der Waals surface area contributed by atoms with Gasteiger partial charge in [0.25, 0.3) is 0 Å². The topological polar surface area (TPSA) is 81.0 Å². The lowest BCUT2D eigenvalue weighted by molar-refractivity contribution is 0.284. The van der Waals surface area contributed by atoms with Crippen LogP contribution in [-0.4, -0.2) is 49.8 Å². The standard InChI is InChI=1S/C25H23N7OS/c1-31-7-3-4-19(13-31)33-22-9-16(17-11-29-32(2)12-17)8-21-24(22)25(27-14-26-21)30-18-5-6-20-23(10-18)34-15-28-20/h4-6,8-12,14-15H,3,7,13H2,1-2H3,(H,26,27,30). The van der Waals surface area contributed by atoms with Gasteiger partial charge in [0.05, 0.1) is 39.4 Å². The molecule has 0 atom stereocenters. The molecule has 0 aliphatic carbocycles. The number of nitrogens with zero attached hydrogens (tertiary/aromatic N) is 6. The van der Waals surface area contributed by atoms with Gasteiger partial charge in [0, 0.05) is 31.0 Å². The van der Waals surface area contributed by atoms with Crippen molar-refractivity contribution in [3.05, 3.63) is 66.4 Å². The second-order valence-electron chi connectivity index (χ2n) is 8.45. The Labute approximate surface area is 200 Å². The predicted molar refractivity (Wildman–Crippen MR) is 135 cm³/mol. The molecule has 3 aromatic heterocycles. The van der Waals surface area contributed by atoms with Gasteiger partial charge in [-0.05, 0) is 55.4 Å². The van der Waals surface area contributed by atoms with Crippen LogP contribution in [-0.2, 0) is 7.05 Å². The lowest BCUT2D eigenvalue weighted by Crippen LogP contribution is -2.27. The van der Waals surface area contributed by atoms with Crippen molar-refractivity contribution >= 4 is 44.0 Å². The highest BCUT2D eigenvalue weighted by Gasteiger charge is 2.18. The van der Waals surface area contributed by atoms with E-state index in [0.29, 0.717) is 5.82 Å². The second kappa shape index (κ2) is 8.51. The maximum Gasteiger partial charge on any atom is 0.145 e. The average molecular weight is 470 g/mol. The lowest BCUT2D eigenvalue weighted by atomic mass is 10.1. The van der Waals surface area contributed by atoms with Gasteiger partial charge >= 0.3 is 0 Å². The van der Waals surface area contributed by atoms with E-state index in [1.807, 2.05) is 37.1 Å². The molecule has 0 fully saturated rings. The number of likely N-dealkylation sites (N-methyl/N-ethyl adjacent to an activating group) is 1. The minimum atomic E-state index is 0.700. The molecule has 170 valence electrons. The van der Waals surface area contributed by atoms with Crippen molar-refractivity contribution in [2.45, 2.75) is 6.42 Å². The zero-order chi connectivity index (χ0) is 23.1. The quantitative estimate of drug-likeness (QED) is 0.389. The SMILES string of the molecule is CN1CCC=C(Oc2cc(-c3cnn(C)c3)cc3ncnc(Nc4ccc5ncsc5c4)c23)C1. The number of hydrogen-bond acceptors (Lipinski definition) is 8. The van der Waals surface area contributed by atoms with E-state index in [9.17, 15) is 0 Å². The summed E-state index contributed by atoms with van der Waals surface area (Å²) in [6.07, 6.45) is 8.55. The summed E-state index contributed by atoms with van der Waals surface area (Å²) in [7, 11) is 4.01. The molecule has 8 nitrogen and oxygen atoms in total. The molecule has 0 amide bonds. The number of benzene rings is 2. The van der Waals surface area contributed by atoms with Crippen molar-refractivity contribution in [3.8, 4) is 16.9 Å². The minimum Gasteiger partial charge on any atom is -0.460 e. The van der Waals surface area contributed by atoms with Crippen LogP contribution in [0.15, 0.2) is 66.4 Å². The van der Waals surface area contributed by atoms with Crippen molar-refractivity contribution in [3.63, 3.8) is 0 Å². The summed E-state index contributed by atoms with van der Waals surface area (Å²) in [5, 5.41) is 8.65. The summed E-state index contributed by atoms with van der Waals surface area (Å²) in [5.74, 6) is 2.35. The molecule has 5 aromatic rings. The zero-order valence-corrected chi connectivity index (χ0v) is 19.7. The molecule has 0 bridgehead atoms. The summed E-state index contributed by atoms with van der Waals surface area (Å²) in [4.78, 5) is 15.8. The summed E-state index contributed by atoms with van der Waals surface area (Å²) in [6, 6.07) is 10.2. The van der Waals surface area contributed by atoms with Crippen molar-refractivity contribution in [1.29, 1.82) is 0 Å². The van der Waals surface area contributed by atoms with Gasteiger partial charge in [0.15, 0.2) is 0 Å². The summed E-state index contributed by atoms with van der Waals surface area (Å²) < 4.78 is 9.42. The van der Waals surface area contributed by atoms with Crippen LogP contribution < -0.4 is 10.1 Å². The van der Waals surface area contributed by atoms with Gasteiger partial charge < -0.3 is 10.1 Å². The first-order chi connectivity index (χ1) is 16.6. The fourth-order valence-electron chi connectivity index (χ4n) is 4.21. The van der Waals surface area contributed by atoms with E-state index in [0.717, 1.165) is 69.0 Å². The molecule has 0 spiro atoms. The van der Waals surface area contributed by atoms with E-state index in [-0.39, 0.29) is 0 Å². The molecule has 2 aromatic carbocycles. The Morgan fingerprint density at radius 2 is 1.97 bits per heavy atom. The van der Waals surface area contributed by atoms with E-state index < -0.39 is 0 Å². The fraction of sp³-hybridized carbons (Fsp3) is 0.200. The fourth-order valence-corrected chi connectivity index (χ4v) is 4.92. The number of thiazole rings is 1. The number of anilines is 2. The van der Waals surface area contributed by atoms with Crippen LogP contribution in [0.5, 0.6) is 5.75 Å². The lowest BCUT2D eigenvalue weighted by Gasteiger charge is -2.23. The number of aryl methyl sites for hydroxylation is 1. The van der Waals surface area contributed by atoms with Gasteiger partial charge in [0.2, 0.25) is 0 Å². The molecule has 0 saturated heterocycles. The Bertz CT molecular complexity index is 1540.